The van der Waals surface area contributed by atoms with E-state index in [9.17, 15) is 4.79 Å². The summed E-state index contributed by atoms with van der Waals surface area (Å²) in [6.45, 7) is 5.20. The third-order valence-electron chi connectivity index (χ3n) is 4.20. The Morgan fingerprint density at radius 2 is 2.00 bits per heavy atom. The summed E-state index contributed by atoms with van der Waals surface area (Å²) in [6.07, 6.45) is 1.85. The number of ether oxygens (including phenoxy) is 1. The SMILES string of the molecule is COC(=O)c1ccc(CSc2ncccc2CN2CCNCC2)cc1. The first-order valence-electron chi connectivity index (χ1n) is 8.43. The average Bonchev–Trinajstić information content (AvgIpc) is 2.68. The molecule has 5 nitrogen and oxygen atoms in total. The second-order valence-corrected chi connectivity index (χ2v) is 6.94. The molecule has 0 unspecified atom stereocenters. The number of methoxy groups -OCH3 is 1. The molecule has 1 saturated heterocycles. The minimum absolute atomic E-state index is 0.303. The van der Waals surface area contributed by atoms with E-state index in [-0.39, 0.29) is 5.97 Å². The maximum absolute atomic E-state index is 11.5. The molecule has 3 rings (SSSR count). The standard InChI is InChI=1S/C19H23N3O2S/c1-24-19(23)16-6-4-15(5-7-16)14-25-18-17(3-2-8-21-18)13-22-11-9-20-10-12-22/h2-8,20H,9-14H2,1H3. The molecule has 2 heterocycles. The zero-order valence-electron chi connectivity index (χ0n) is 14.4. The minimum Gasteiger partial charge on any atom is -0.465 e. The number of aromatic nitrogens is 1. The number of nitrogens with one attached hydrogen (secondary N) is 1. The van der Waals surface area contributed by atoms with Gasteiger partial charge in [0, 0.05) is 44.7 Å². The summed E-state index contributed by atoms with van der Waals surface area (Å²) in [5.41, 5.74) is 3.02. The van der Waals surface area contributed by atoms with Gasteiger partial charge in [0.25, 0.3) is 0 Å². The van der Waals surface area contributed by atoms with E-state index < -0.39 is 0 Å². The normalized spacial score (nSPS) is 15.1. The molecule has 1 aromatic heterocycles. The van der Waals surface area contributed by atoms with E-state index in [2.05, 4.69) is 21.3 Å². The van der Waals surface area contributed by atoms with Crippen LogP contribution in [0.4, 0.5) is 0 Å². The number of piperazine rings is 1. The van der Waals surface area contributed by atoms with Gasteiger partial charge in [0.1, 0.15) is 5.03 Å². The van der Waals surface area contributed by atoms with Gasteiger partial charge in [-0.3, -0.25) is 4.90 Å². The van der Waals surface area contributed by atoms with E-state index in [0.29, 0.717) is 5.56 Å². The number of pyridine rings is 1. The van der Waals surface area contributed by atoms with Crippen LogP contribution < -0.4 is 5.32 Å². The first-order chi connectivity index (χ1) is 12.3. The molecule has 1 aliphatic rings. The number of rotatable bonds is 6. The van der Waals surface area contributed by atoms with E-state index in [1.165, 1.54) is 12.7 Å². The summed E-state index contributed by atoms with van der Waals surface area (Å²) in [4.78, 5) is 18.5. The molecule has 1 aromatic carbocycles. The molecule has 0 saturated carbocycles. The van der Waals surface area contributed by atoms with Gasteiger partial charge in [-0.1, -0.05) is 18.2 Å². The van der Waals surface area contributed by atoms with Gasteiger partial charge < -0.3 is 10.1 Å². The van der Waals surface area contributed by atoms with E-state index in [0.717, 1.165) is 49.1 Å². The smallest absolute Gasteiger partial charge is 0.337 e. The van der Waals surface area contributed by atoms with Crippen molar-refractivity contribution < 1.29 is 9.53 Å². The van der Waals surface area contributed by atoms with Crippen LogP contribution in [0, 0.1) is 0 Å². The Hall–Kier alpha value is -1.89. The van der Waals surface area contributed by atoms with Gasteiger partial charge in [0.2, 0.25) is 0 Å². The van der Waals surface area contributed by atoms with Crippen molar-refractivity contribution in [1.29, 1.82) is 0 Å². The molecule has 0 atom stereocenters. The summed E-state index contributed by atoms with van der Waals surface area (Å²) in [7, 11) is 1.40. The number of benzene rings is 1. The third kappa shape index (κ3) is 5.04. The summed E-state index contributed by atoms with van der Waals surface area (Å²) in [6, 6.07) is 11.7. The fraction of sp³-hybridized carbons (Fsp3) is 0.368. The van der Waals surface area contributed by atoms with Gasteiger partial charge in [-0.25, -0.2) is 9.78 Å². The predicted octanol–water partition coefficient (Wildman–Crippen LogP) is 2.57. The lowest BCUT2D eigenvalue weighted by Gasteiger charge is -2.27. The lowest BCUT2D eigenvalue weighted by atomic mass is 10.1. The summed E-state index contributed by atoms with van der Waals surface area (Å²) >= 11 is 1.74. The van der Waals surface area contributed by atoms with Gasteiger partial charge in [0.15, 0.2) is 0 Å². The van der Waals surface area contributed by atoms with Crippen molar-refractivity contribution in [3.63, 3.8) is 0 Å². The molecule has 0 amide bonds. The van der Waals surface area contributed by atoms with Crippen LogP contribution in [-0.4, -0.2) is 49.1 Å². The molecule has 1 aliphatic heterocycles. The first kappa shape index (κ1) is 17.9. The van der Waals surface area contributed by atoms with Crippen molar-refractivity contribution in [2.45, 2.75) is 17.3 Å². The third-order valence-corrected chi connectivity index (χ3v) is 5.32. The van der Waals surface area contributed by atoms with Gasteiger partial charge in [-0.15, -0.1) is 11.8 Å². The maximum Gasteiger partial charge on any atom is 0.337 e. The number of carbonyl (C=O) groups excluding carboxylic acids is 1. The molecule has 132 valence electrons. The Labute approximate surface area is 152 Å². The summed E-state index contributed by atoms with van der Waals surface area (Å²) in [5.74, 6) is 0.523. The number of hydrogen-bond acceptors (Lipinski definition) is 6. The van der Waals surface area contributed by atoms with Gasteiger partial charge in [-0.2, -0.15) is 0 Å². The lowest BCUT2D eigenvalue weighted by Crippen LogP contribution is -2.42. The Kier molecular flexibility index (Phi) is 6.44. The Morgan fingerprint density at radius 1 is 1.24 bits per heavy atom. The van der Waals surface area contributed by atoms with Crippen molar-refractivity contribution in [3.05, 3.63) is 59.3 Å². The van der Waals surface area contributed by atoms with Crippen LogP contribution in [-0.2, 0) is 17.0 Å². The van der Waals surface area contributed by atoms with Crippen molar-refractivity contribution in [2.24, 2.45) is 0 Å². The van der Waals surface area contributed by atoms with Crippen LogP contribution in [0.1, 0.15) is 21.5 Å². The monoisotopic (exact) mass is 357 g/mol. The second kappa shape index (κ2) is 8.99. The van der Waals surface area contributed by atoms with Gasteiger partial charge >= 0.3 is 5.97 Å². The van der Waals surface area contributed by atoms with Crippen LogP contribution in [0.3, 0.4) is 0 Å². The first-order valence-corrected chi connectivity index (χ1v) is 9.42. The van der Waals surface area contributed by atoms with Crippen LogP contribution in [0.25, 0.3) is 0 Å². The van der Waals surface area contributed by atoms with Crippen LogP contribution in [0.15, 0.2) is 47.6 Å². The summed E-state index contributed by atoms with van der Waals surface area (Å²) < 4.78 is 4.73. The van der Waals surface area contributed by atoms with Crippen molar-refractivity contribution in [2.75, 3.05) is 33.3 Å². The quantitative estimate of drug-likeness (QED) is 0.633. The Morgan fingerprint density at radius 3 is 2.72 bits per heavy atom. The van der Waals surface area contributed by atoms with E-state index in [1.807, 2.05) is 36.5 Å². The zero-order chi connectivity index (χ0) is 17.5. The molecule has 0 aliphatic carbocycles. The lowest BCUT2D eigenvalue weighted by molar-refractivity contribution is 0.0600. The highest BCUT2D eigenvalue weighted by Crippen LogP contribution is 2.25. The van der Waals surface area contributed by atoms with Crippen LogP contribution in [0.5, 0.6) is 0 Å². The molecular formula is C19H23N3O2S. The Bertz CT molecular complexity index is 700. The minimum atomic E-state index is -0.303. The number of nitrogens with zero attached hydrogens (tertiary/aromatic N) is 2. The molecule has 25 heavy (non-hydrogen) atoms. The van der Waals surface area contributed by atoms with Crippen molar-refractivity contribution in [3.8, 4) is 0 Å². The molecule has 0 radical (unpaired) electrons. The molecule has 2 aromatic rings. The largest absolute Gasteiger partial charge is 0.465 e. The van der Waals surface area contributed by atoms with Crippen LogP contribution in [0.2, 0.25) is 0 Å². The maximum atomic E-state index is 11.5. The van der Waals surface area contributed by atoms with Crippen molar-refractivity contribution >= 4 is 17.7 Å². The van der Waals surface area contributed by atoms with E-state index in [4.69, 9.17) is 4.74 Å². The van der Waals surface area contributed by atoms with Gasteiger partial charge in [0.05, 0.1) is 12.7 Å². The van der Waals surface area contributed by atoms with Crippen LogP contribution >= 0.6 is 11.8 Å². The molecule has 6 heteroatoms. The zero-order valence-corrected chi connectivity index (χ0v) is 15.2. The molecular weight excluding hydrogens is 334 g/mol. The number of thioether (sulfide) groups is 1. The Balaban J connectivity index is 1.61. The molecule has 0 spiro atoms. The highest BCUT2D eigenvalue weighted by Gasteiger charge is 2.13. The highest BCUT2D eigenvalue weighted by atomic mass is 32.2. The van der Waals surface area contributed by atoms with Crippen molar-refractivity contribution in [1.82, 2.24) is 15.2 Å². The highest BCUT2D eigenvalue weighted by molar-refractivity contribution is 7.98. The average molecular weight is 357 g/mol. The fourth-order valence-corrected chi connectivity index (χ4v) is 3.74. The van der Waals surface area contributed by atoms with E-state index >= 15 is 0 Å². The van der Waals surface area contributed by atoms with Gasteiger partial charge in [-0.05, 0) is 29.3 Å². The predicted molar refractivity (Wildman–Crippen MR) is 99.7 cm³/mol. The fourth-order valence-electron chi connectivity index (χ4n) is 2.79. The molecule has 1 N–H and O–H groups in total. The number of hydrogen-bond donors (Lipinski definition) is 1. The number of carbonyl (C=O) groups is 1. The topological polar surface area (TPSA) is 54.5 Å². The summed E-state index contributed by atoms with van der Waals surface area (Å²) in [5, 5.41) is 4.46. The molecule has 0 bridgehead atoms. The number of esters is 1. The second-order valence-electron chi connectivity index (χ2n) is 5.97. The molecule has 1 fully saturated rings. The van der Waals surface area contributed by atoms with E-state index in [1.54, 1.807) is 11.8 Å².